The molecule has 0 fully saturated rings. The van der Waals surface area contributed by atoms with Gasteiger partial charge in [0.15, 0.2) is 11.5 Å². The van der Waals surface area contributed by atoms with Crippen molar-refractivity contribution in [2.24, 2.45) is 5.92 Å². The first-order valence-corrected chi connectivity index (χ1v) is 9.48. The van der Waals surface area contributed by atoms with Crippen LogP contribution in [0.2, 0.25) is 0 Å². The lowest BCUT2D eigenvalue weighted by Gasteiger charge is -2.17. The first kappa shape index (κ1) is 16.2. The molecule has 5 nitrogen and oxygen atoms in total. The van der Waals surface area contributed by atoms with E-state index in [0.29, 0.717) is 18.0 Å². The van der Waals surface area contributed by atoms with Crippen LogP contribution in [0.4, 0.5) is 0 Å². The largest absolute Gasteiger partial charge is 0.454 e. The minimum absolute atomic E-state index is 0.0649. The predicted molar refractivity (Wildman–Crippen MR) is 103 cm³/mol. The summed E-state index contributed by atoms with van der Waals surface area (Å²) in [6.07, 6.45) is 3.34. The number of para-hydroxylation sites is 1. The number of ether oxygens (including phenoxy) is 2. The summed E-state index contributed by atoms with van der Waals surface area (Å²) in [6.45, 7) is 3.00. The third-order valence-electron chi connectivity index (χ3n) is 5.60. The zero-order valence-corrected chi connectivity index (χ0v) is 15.3. The van der Waals surface area contributed by atoms with Crippen LogP contribution in [0.15, 0.2) is 36.4 Å². The average Bonchev–Trinajstić information content (AvgIpc) is 3.29. The number of aromatic amines is 1. The van der Waals surface area contributed by atoms with Gasteiger partial charge in [-0.05, 0) is 54.5 Å². The van der Waals surface area contributed by atoms with Crippen LogP contribution in [0.25, 0.3) is 10.9 Å². The van der Waals surface area contributed by atoms with Crippen LogP contribution in [-0.4, -0.2) is 17.7 Å². The van der Waals surface area contributed by atoms with Crippen LogP contribution in [0.3, 0.4) is 0 Å². The Kier molecular flexibility index (Phi) is 3.81. The number of aryl methyl sites for hydroxylation is 1. The number of aromatic nitrogens is 1. The number of carbonyl (C=O) groups excluding carboxylic acids is 1. The van der Waals surface area contributed by atoms with Gasteiger partial charge in [0.1, 0.15) is 0 Å². The Morgan fingerprint density at radius 2 is 2.11 bits per heavy atom. The second-order valence-electron chi connectivity index (χ2n) is 7.53. The number of carbonyl (C=O) groups is 1. The smallest absolute Gasteiger partial charge is 0.253 e. The fraction of sp³-hybridized carbons (Fsp3) is 0.318. The lowest BCUT2D eigenvalue weighted by atomic mass is 9.87. The summed E-state index contributed by atoms with van der Waals surface area (Å²) in [4.78, 5) is 16.4. The van der Waals surface area contributed by atoms with Crippen molar-refractivity contribution < 1.29 is 14.3 Å². The molecule has 0 radical (unpaired) electrons. The van der Waals surface area contributed by atoms with E-state index < -0.39 is 0 Å². The van der Waals surface area contributed by atoms with Crippen LogP contribution in [-0.2, 0) is 19.4 Å². The summed E-state index contributed by atoms with van der Waals surface area (Å²) in [6, 6.07) is 11.7. The monoisotopic (exact) mass is 362 g/mol. The molecule has 1 amide bonds. The van der Waals surface area contributed by atoms with E-state index in [1.165, 1.54) is 23.1 Å². The van der Waals surface area contributed by atoms with Crippen LogP contribution >= 0.6 is 0 Å². The van der Waals surface area contributed by atoms with Crippen LogP contribution in [0.1, 0.15) is 40.5 Å². The SMILES string of the molecule is CC1CCc2[nH]c3c(C(=O)NCc4ccc5c(c4)OCO5)cccc3c2C1. The molecule has 5 rings (SSSR count). The number of hydrogen-bond acceptors (Lipinski definition) is 3. The van der Waals surface area contributed by atoms with E-state index in [9.17, 15) is 4.79 Å². The fourth-order valence-corrected chi connectivity index (χ4v) is 4.13. The van der Waals surface area contributed by atoms with Crippen molar-refractivity contribution in [3.63, 3.8) is 0 Å². The molecule has 138 valence electrons. The van der Waals surface area contributed by atoms with E-state index in [2.05, 4.69) is 23.3 Å². The molecule has 0 saturated carbocycles. The Hall–Kier alpha value is -2.95. The van der Waals surface area contributed by atoms with Gasteiger partial charge in [-0.3, -0.25) is 4.79 Å². The molecular formula is C22H22N2O3. The van der Waals surface area contributed by atoms with E-state index >= 15 is 0 Å². The van der Waals surface area contributed by atoms with E-state index in [-0.39, 0.29) is 12.7 Å². The highest BCUT2D eigenvalue weighted by Crippen LogP contribution is 2.34. The highest BCUT2D eigenvalue weighted by Gasteiger charge is 2.22. The molecule has 3 aromatic rings. The molecule has 0 bridgehead atoms. The number of amides is 1. The van der Waals surface area contributed by atoms with Crippen molar-refractivity contribution in [1.29, 1.82) is 0 Å². The van der Waals surface area contributed by atoms with E-state index in [4.69, 9.17) is 9.47 Å². The van der Waals surface area contributed by atoms with Gasteiger partial charge in [0.05, 0.1) is 11.1 Å². The zero-order chi connectivity index (χ0) is 18.4. The van der Waals surface area contributed by atoms with Crippen LogP contribution < -0.4 is 14.8 Å². The summed E-state index contributed by atoms with van der Waals surface area (Å²) in [5.74, 6) is 2.11. The molecule has 1 aliphatic heterocycles. The quantitative estimate of drug-likeness (QED) is 0.741. The number of nitrogens with one attached hydrogen (secondary N) is 2. The number of rotatable bonds is 3. The minimum atomic E-state index is -0.0649. The normalized spacial score (nSPS) is 17.7. The van der Waals surface area contributed by atoms with Gasteiger partial charge < -0.3 is 19.8 Å². The van der Waals surface area contributed by atoms with Crippen molar-refractivity contribution in [2.75, 3.05) is 6.79 Å². The Balaban J connectivity index is 1.39. The molecule has 27 heavy (non-hydrogen) atoms. The van der Waals surface area contributed by atoms with Gasteiger partial charge in [-0.25, -0.2) is 0 Å². The Morgan fingerprint density at radius 3 is 3.04 bits per heavy atom. The number of benzene rings is 2. The maximum atomic E-state index is 12.9. The molecule has 1 atom stereocenters. The molecule has 2 N–H and O–H groups in total. The van der Waals surface area contributed by atoms with Crippen molar-refractivity contribution in [3.8, 4) is 11.5 Å². The molecule has 0 spiro atoms. The number of hydrogen-bond donors (Lipinski definition) is 2. The zero-order valence-electron chi connectivity index (χ0n) is 15.3. The summed E-state index contributed by atoms with van der Waals surface area (Å²) in [5.41, 5.74) is 5.32. The molecule has 1 aromatic heterocycles. The molecule has 2 aromatic carbocycles. The molecule has 1 unspecified atom stereocenters. The lowest BCUT2D eigenvalue weighted by molar-refractivity contribution is 0.0952. The summed E-state index contributed by atoms with van der Waals surface area (Å²) in [5, 5.41) is 4.22. The van der Waals surface area contributed by atoms with Gasteiger partial charge in [-0.2, -0.15) is 0 Å². The first-order chi connectivity index (χ1) is 13.2. The number of fused-ring (bicyclic) bond motifs is 4. The minimum Gasteiger partial charge on any atom is -0.454 e. The summed E-state index contributed by atoms with van der Waals surface area (Å²) >= 11 is 0. The molecule has 1 aliphatic carbocycles. The van der Waals surface area contributed by atoms with Crippen LogP contribution in [0, 0.1) is 5.92 Å². The van der Waals surface area contributed by atoms with E-state index in [1.54, 1.807) is 0 Å². The summed E-state index contributed by atoms with van der Waals surface area (Å²) < 4.78 is 10.7. The average molecular weight is 362 g/mol. The first-order valence-electron chi connectivity index (χ1n) is 9.48. The molecular weight excluding hydrogens is 340 g/mol. The van der Waals surface area contributed by atoms with Gasteiger partial charge in [-0.15, -0.1) is 0 Å². The highest BCUT2D eigenvalue weighted by atomic mass is 16.7. The third-order valence-corrected chi connectivity index (χ3v) is 5.60. The Bertz CT molecular complexity index is 1040. The number of H-pyrrole nitrogens is 1. The third kappa shape index (κ3) is 2.83. The van der Waals surface area contributed by atoms with Crippen molar-refractivity contribution in [1.82, 2.24) is 10.3 Å². The van der Waals surface area contributed by atoms with Gasteiger partial charge in [0.25, 0.3) is 5.91 Å². The lowest BCUT2D eigenvalue weighted by Crippen LogP contribution is -2.23. The predicted octanol–water partition coefficient (Wildman–Crippen LogP) is 3.95. The Morgan fingerprint density at radius 1 is 1.22 bits per heavy atom. The maximum absolute atomic E-state index is 12.9. The summed E-state index contributed by atoms with van der Waals surface area (Å²) in [7, 11) is 0. The second-order valence-corrected chi connectivity index (χ2v) is 7.53. The van der Waals surface area contributed by atoms with Gasteiger partial charge in [-0.1, -0.05) is 25.1 Å². The van der Waals surface area contributed by atoms with Gasteiger partial charge in [0, 0.05) is 17.6 Å². The Labute approximate surface area is 157 Å². The molecule has 2 heterocycles. The standard InChI is InChI=1S/C22H22N2O3/c1-13-5-7-18-17(9-13)15-3-2-4-16(21(15)24-18)22(25)23-11-14-6-8-19-20(10-14)27-12-26-19/h2-4,6,8,10,13,24H,5,7,9,11-12H2,1H3,(H,23,25). The highest BCUT2D eigenvalue weighted by molar-refractivity contribution is 6.06. The fourth-order valence-electron chi connectivity index (χ4n) is 4.13. The molecule has 5 heteroatoms. The van der Waals surface area contributed by atoms with Crippen molar-refractivity contribution >= 4 is 16.8 Å². The second kappa shape index (κ2) is 6.34. The maximum Gasteiger partial charge on any atom is 0.253 e. The van der Waals surface area contributed by atoms with Gasteiger partial charge >= 0.3 is 0 Å². The molecule has 0 saturated heterocycles. The van der Waals surface area contributed by atoms with E-state index in [1.807, 2.05) is 30.3 Å². The van der Waals surface area contributed by atoms with Crippen molar-refractivity contribution in [3.05, 3.63) is 58.8 Å². The van der Waals surface area contributed by atoms with Gasteiger partial charge in [0.2, 0.25) is 6.79 Å². The van der Waals surface area contributed by atoms with Crippen LogP contribution in [0.5, 0.6) is 11.5 Å². The topological polar surface area (TPSA) is 63.4 Å². The molecule has 2 aliphatic rings. The van der Waals surface area contributed by atoms with E-state index in [0.717, 1.165) is 35.4 Å². The van der Waals surface area contributed by atoms with Crippen molar-refractivity contribution in [2.45, 2.75) is 32.7 Å².